The molecule has 0 aromatic rings. The molecule has 1 rings (SSSR count). The Kier molecular flexibility index (Phi) is 5.63. The van der Waals surface area contributed by atoms with Crippen molar-refractivity contribution in [3.63, 3.8) is 0 Å². The second-order valence-electron chi connectivity index (χ2n) is 5.90. The summed E-state index contributed by atoms with van der Waals surface area (Å²) >= 11 is 0. The van der Waals surface area contributed by atoms with Crippen LogP contribution < -0.4 is 11.1 Å². The molecule has 0 bridgehead atoms. The summed E-state index contributed by atoms with van der Waals surface area (Å²) in [5, 5.41) is 14.8. The number of amidine groups is 1. The summed E-state index contributed by atoms with van der Waals surface area (Å²) < 4.78 is 0. The third-order valence-electron chi connectivity index (χ3n) is 4.70. The molecular weight excluding hydrogens is 242 g/mol. The van der Waals surface area contributed by atoms with Crippen LogP contribution in [0.2, 0.25) is 0 Å². The summed E-state index contributed by atoms with van der Waals surface area (Å²) in [4.78, 5) is 12.3. The Bertz CT molecular complexity index is 344. The maximum Gasteiger partial charge on any atom is 0.233 e. The van der Waals surface area contributed by atoms with Gasteiger partial charge in [0, 0.05) is 6.54 Å². The van der Waals surface area contributed by atoms with E-state index in [1.54, 1.807) is 6.92 Å². The monoisotopic (exact) mass is 269 g/mol. The zero-order chi connectivity index (χ0) is 14.5. The minimum Gasteiger partial charge on any atom is -0.409 e. The van der Waals surface area contributed by atoms with Crippen LogP contribution >= 0.6 is 0 Å². The van der Waals surface area contributed by atoms with Gasteiger partial charge in [-0.2, -0.15) is 0 Å². The molecule has 5 nitrogen and oxygen atoms in total. The predicted octanol–water partition coefficient (Wildman–Crippen LogP) is 2.09. The van der Waals surface area contributed by atoms with Gasteiger partial charge >= 0.3 is 0 Å². The highest BCUT2D eigenvalue weighted by molar-refractivity contribution is 6.06. The van der Waals surface area contributed by atoms with Gasteiger partial charge in [-0.25, -0.2) is 0 Å². The summed E-state index contributed by atoms with van der Waals surface area (Å²) in [5.41, 5.74) is 4.71. The molecule has 0 heterocycles. The first kappa shape index (κ1) is 15.8. The summed E-state index contributed by atoms with van der Waals surface area (Å²) in [6.45, 7) is 6.51. The molecule has 0 aromatic heterocycles. The summed E-state index contributed by atoms with van der Waals surface area (Å²) in [7, 11) is 0. The average Bonchev–Trinajstić information content (AvgIpc) is 2.44. The SMILES string of the molecule is CCC(C)(C(=O)NCC1CCCCC1C)C(N)=NO. The van der Waals surface area contributed by atoms with E-state index in [1.165, 1.54) is 25.7 Å². The van der Waals surface area contributed by atoms with Crippen molar-refractivity contribution in [2.45, 2.75) is 52.9 Å². The predicted molar refractivity (Wildman–Crippen MR) is 75.9 cm³/mol. The minimum absolute atomic E-state index is 0.0239. The quantitative estimate of drug-likeness (QED) is 0.309. The van der Waals surface area contributed by atoms with Crippen molar-refractivity contribution < 1.29 is 10.0 Å². The van der Waals surface area contributed by atoms with Crippen molar-refractivity contribution in [1.82, 2.24) is 5.32 Å². The fourth-order valence-electron chi connectivity index (χ4n) is 2.68. The number of nitrogens with zero attached hydrogens (tertiary/aromatic N) is 1. The third-order valence-corrected chi connectivity index (χ3v) is 4.70. The molecule has 0 radical (unpaired) electrons. The molecule has 1 amide bonds. The van der Waals surface area contributed by atoms with Crippen LogP contribution in [0.3, 0.4) is 0 Å². The van der Waals surface area contributed by atoms with Gasteiger partial charge in [0.2, 0.25) is 5.91 Å². The first-order chi connectivity index (χ1) is 8.95. The number of carbonyl (C=O) groups excluding carboxylic acids is 1. The van der Waals surface area contributed by atoms with Crippen LogP contribution in [0, 0.1) is 17.3 Å². The summed E-state index contributed by atoms with van der Waals surface area (Å²) in [6, 6.07) is 0. The van der Waals surface area contributed by atoms with E-state index in [-0.39, 0.29) is 11.7 Å². The Balaban J connectivity index is 2.58. The van der Waals surface area contributed by atoms with E-state index in [4.69, 9.17) is 10.9 Å². The number of hydrogen-bond donors (Lipinski definition) is 3. The van der Waals surface area contributed by atoms with E-state index in [0.29, 0.717) is 24.8 Å². The molecule has 1 aliphatic rings. The maximum atomic E-state index is 12.3. The number of nitrogens with one attached hydrogen (secondary N) is 1. The van der Waals surface area contributed by atoms with Gasteiger partial charge in [0.25, 0.3) is 0 Å². The molecule has 110 valence electrons. The number of rotatable bonds is 5. The molecule has 1 fully saturated rings. The number of hydrogen-bond acceptors (Lipinski definition) is 3. The summed E-state index contributed by atoms with van der Waals surface area (Å²) in [6.07, 6.45) is 5.47. The fourth-order valence-corrected chi connectivity index (χ4v) is 2.68. The van der Waals surface area contributed by atoms with Gasteiger partial charge in [0.05, 0.1) is 0 Å². The standard InChI is InChI=1S/C14H27N3O2/c1-4-14(3,12(15)17-19)13(18)16-9-11-8-6-5-7-10(11)2/h10-11,19H,4-9H2,1-3H3,(H2,15,17)(H,16,18). The Hall–Kier alpha value is -1.26. The highest BCUT2D eigenvalue weighted by Gasteiger charge is 2.36. The number of amides is 1. The lowest BCUT2D eigenvalue weighted by Crippen LogP contribution is -2.49. The van der Waals surface area contributed by atoms with E-state index < -0.39 is 5.41 Å². The van der Waals surface area contributed by atoms with E-state index in [1.807, 2.05) is 6.92 Å². The Labute approximate surface area is 115 Å². The van der Waals surface area contributed by atoms with E-state index >= 15 is 0 Å². The maximum absolute atomic E-state index is 12.3. The van der Waals surface area contributed by atoms with Gasteiger partial charge in [-0.05, 0) is 31.6 Å². The number of nitrogens with two attached hydrogens (primary N) is 1. The molecule has 1 saturated carbocycles. The Morgan fingerprint density at radius 1 is 1.47 bits per heavy atom. The van der Waals surface area contributed by atoms with E-state index in [0.717, 1.165) is 0 Å². The lowest BCUT2D eigenvalue weighted by Gasteiger charge is -2.31. The van der Waals surface area contributed by atoms with Gasteiger partial charge in [-0.3, -0.25) is 4.79 Å². The minimum atomic E-state index is -0.924. The van der Waals surface area contributed by atoms with Gasteiger partial charge in [-0.1, -0.05) is 38.3 Å². The molecule has 1 aliphatic carbocycles. The van der Waals surface area contributed by atoms with Crippen molar-refractivity contribution in [2.24, 2.45) is 28.1 Å². The molecule has 0 spiro atoms. The largest absolute Gasteiger partial charge is 0.409 e. The fraction of sp³-hybridized carbons (Fsp3) is 0.857. The molecule has 5 heteroatoms. The zero-order valence-corrected chi connectivity index (χ0v) is 12.3. The van der Waals surface area contributed by atoms with Gasteiger partial charge in [0.15, 0.2) is 5.84 Å². The third kappa shape index (κ3) is 3.61. The highest BCUT2D eigenvalue weighted by atomic mass is 16.4. The first-order valence-corrected chi connectivity index (χ1v) is 7.22. The van der Waals surface area contributed by atoms with Gasteiger partial charge < -0.3 is 16.3 Å². The van der Waals surface area contributed by atoms with Crippen molar-refractivity contribution >= 4 is 11.7 Å². The Morgan fingerprint density at radius 2 is 2.11 bits per heavy atom. The van der Waals surface area contributed by atoms with Crippen molar-refractivity contribution in [3.05, 3.63) is 0 Å². The molecule has 0 aromatic carbocycles. The lowest BCUT2D eigenvalue weighted by atomic mass is 9.80. The second kappa shape index (κ2) is 6.78. The van der Waals surface area contributed by atoms with Crippen LogP contribution in [-0.4, -0.2) is 23.5 Å². The smallest absolute Gasteiger partial charge is 0.233 e. The summed E-state index contributed by atoms with van der Waals surface area (Å²) in [5.74, 6) is 1.03. The molecule has 0 saturated heterocycles. The van der Waals surface area contributed by atoms with Crippen LogP contribution in [0.5, 0.6) is 0 Å². The van der Waals surface area contributed by atoms with Gasteiger partial charge in [0.1, 0.15) is 5.41 Å². The molecule has 0 aliphatic heterocycles. The van der Waals surface area contributed by atoms with Crippen LogP contribution in [-0.2, 0) is 4.79 Å². The van der Waals surface area contributed by atoms with Crippen molar-refractivity contribution in [2.75, 3.05) is 6.54 Å². The van der Waals surface area contributed by atoms with Crippen molar-refractivity contribution in [3.8, 4) is 0 Å². The van der Waals surface area contributed by atoms with Gasteiger partial charge in [-0.15, -0.1) is 0 Å². The molecular formula is C14H27N3O2. The molecule has 19 heavy (non-hydrogen) atoms. The topological polar surface area (TPSA) is 87.7 Å². The lowest BCUT2D eigenvalue weighted by molar-refractivity contribution is -0.127. The molecule has 4 N–H and O–H groups in total. The first-order valence-electron chi connectivity index (χ1n) is 7.22. The number of oxime groups is 1. The average molecular weight is 269 g/mol. The van der Waals surface area contributed by atoms with Crippen LogP contribution in [0.1, 0.15) is 52.9 Å². The normalized spacial score (nSPS) is 27.6. The van der Waals surface area contributed by atoms with Crippen molar-refractivity contribution in [1.29, 1.82) is 0 Å². The van der Waals surface area contributed by atoms with Crippen LogP contribution in [0.4, 0.5) is 0 Å². The highest BCUT2D eigenvalue weighted by Crippen LogP contribution is 2.29. The molecule has 3 atom stereocenters. The molecule has 3 unspecified atom stereocenters. The van der Waals surface area contributed by atoms with E-state index in [9.17, 15) is 4.79 Å². The zero-order valence-electron chi connectivity index (χ0n) is 12.3. The van der Waals surface area contributed by atoms with Crippen LogP contribution in [0.15, 0.2) is 5.16 Å². The number of carbonyl (C=O) groups is 1. The van der Waals surface area contributed by atoms with E-state index in [2.05, 4.69) is 17.4 Å². The second-order valence-corrected chi connectivity index (χ2v) is 5.90. The Morgan fingerprint density at radius 3 is 2.63 bits per heavy atom. The van der Waals surface area contributed by atoms with Crippen LogP contribution in [0.25, 0.3) is 0 Å².